The second kappa shape index (κ2) is 19.2. The summed E-state index contributed by atoms with van der Waals surface area (Å²) in [4.78, 5) is 12.7. The third-order valence-corrected chi connectivity index (χ3v) is 9.49. The fraction of sp³-hybridized carbons (Fsp3) is 0.154. The Bertz CT molecular complexity index is 2520. The number of anilines is 2. The van der Waals surface area contributed by atoms with Crippen LogP contribution in [-0.2, 0) is 6.42 Å². The minimum Gasteiger partial charge on any atom is -0.337 e. The standard InChI is InChI=1S/C46H34N4.3C2H6/c1-2-10-30-49(44-27-7-4-16-33(44)15-3-1)36-19-11-17-34(31-36)40-23-13-25-42(47-40)43-26-14-24-41(48-43)35-18-12-20-37(32-35)50-45-28-8-5-21-38(45)39-22-6-9-29-46(39)50;3*1-2/h1-14,16-29,31-32H,15,30H2;3*1-2H3/b3-1-,10-2-;;;. The average Bonchev–Trinajstić information content (AvgIpc) is 3.68. The number of rotatable bonds is 5. The Morgan fingerprint density at radius 1 is 0.429 bits per heavy atom. The van der Waals surface area contributed by atoms with E-state index in [1.807, 2.05) is 53.7 Å². The second-order valence-electron chi connectivity index (χ2n) is 12.6. The monoisotopic (exact) mass is 732 g/mol. The molecular formula is C52H52N4. The highest BCUT2D eigenvalue weighted by Crippen LogP contribution is 2.35. The van der Waals surface area contributed by atoms with Gasteiger partial charge in [0.1, 0.15) is 0 Å². The molecule has 56 heavy (non-hydrogen) atoms. The van der Waals surface area contributed by atoms with E-state index in [9.17, 15) is 0 Å². The first-order valence-corrected chi connectivity index (χ1v) is 20.1. The predicted octanol–water partition coefficient (Wildman–Crippen LogP) is 14.5. The van der Waals surface area contributed by atoms with Gasteiger partial charge in [0.05, 0.1) is 33.8 Å². The van der Waals surface area contributed by atoms with Gasteiger partial charge in [-0.2, -0.15) is 0 Å². The first-order chi connectivity index (χ1) is 27.8. The van der Waals surface area contributed by atoms with E-state index in [2.05, 4.69) is 179 Å². The molecule has 0 saturated carbocycles. The van der Waals surface area contributed by atoms with Gasteiger partial charge in [-0.25, -0.2) is 9.97 Å². The molecule has 1 aliphatic rings. The Labute approximate surface area is 333 Å². The molecule has 4 heterocycles. The van der Waals surface area contributed by atoms with Gasteiger partial charge in [-0.15, -0.1) is 0 Å². The van der Waals surface area contributed by atoms with Crippen LogP contribution in [0.4, 0.5) is 11.4 Å². The topological polar surface area (TPSA) is 34.0 Å². The molecule has 5 aromatic carbocycles. The Kier molecular flexibility index (Phi) is 13.4. The maximum atomic E-state index is 5.15. The van der Waals surface area contributed by atoms with Crippen molar-refractivity contribution in [3.8, 4) is 39.6 Å². The number of hydrogen-bond donors (Lipinski definition) is 0. The predicted molar refractivity (Wildman–Crippen MR) is 242 cm³/mol. The number of aromatic nitrogens is 3. The van der Waals surface area contributed by atoms with Crippen LogP contribution in [0.5, 0.6) is 0 Å². The van der Waals surface area contributed by atoms with Gasteiger partial charge in [0, 0.05) is 45.5 Å². The van der Waals surface area contributed by atoms with Gasteiger partial charge in [-0.05, 0) is 78.7 Å². The zero-order valence-electron chi connectivity index (χ0n) is 33.5. The van der Waals surface area contributed by atoms with E-state index >= 15 is 0 Å². The molecule has 280 valence electrons. The van der Waals surface area contributed by atoms with Crippen molar-refractivity contribution in [2.45, 2.75) is 48.0 Å². The molecule has 0 fully saturated rings. The highest BCUT2D eigenvalue weighted by Gasteiger charge is 2.15. The van der Waals surface area contributed by atoms with Crippen molar-refractivity contribution in [3.63, 3.8) is 0 Å². The molecule has 0 bridgehead atoms. The molecule has 0 spiro atoms. The number of benzene rings is 5. The molecule has 1 aliphatic heterocycles. The van der Waals surface area contributed by atoms with E-state index < -0.39 is 0 Å². The Morgan fingerprint density at radius 2 is 0.911 bits per heavy atom. The van der Waals surface area contributed by atoms with Crippen molar-refractivity contribution in [2.24, 2.45) is 0 Å². The van der Waals surface area contributed by atoms with Crippen LogP contribution in [0.2, 0.25) is 0 Å². The van der Waals surface area contributed by atoms with E-state index in [-0.39, 0.29) is 0 Å². The van der Waals surface area contributed by atoms with Crippen molar-refractivity contribution in [2.75, 3.05) is 11.4 Å². The largest absolute Gasteiger partial charge is 0.337 e. The van der Waals surface area contributed by atoms with Gasteiger partial charge in [-0.3, -0.25) is 0 Å². The summed E-state index contributed by atoms with van der Waals surface area (Å²) < 4.78 is 2.34. The maximum Gasteiger partial charge on any atom is 0.0893 e. The zero-order valence-corrected chi connectivity index (χ0v) is 33.5. The fourth-order valence-electron chi connectivity index (χ4n) is 7.12. The van der Waals surface area contributed by atoms with Crippen molar-refractivity contribution in [1.29, 1.82) is 0 Å². The van der Waals surface area contributed by atoms with Gasteiger partial charge in [0.2, 0.25) is 0 Å². The molecule has 0 atom stereocenters. The summed E-state index contributed by atoms with van der Waals surface area (Å²) in [6.07, 6.45) is 9.60. The molecule has 3 aromatic heterocycles. The normalized spacial score (nSPS) is 12.9. The molecular weight excluding hydrogens is 681 g/mol. The van der Waals surface area contributed by atoms with E-state index in [4.69, 9.17) is 9.97 Å². The Morgan fingerprint density at radius 3 is 1.54 bits per heavy atom. The molecule has 0 saturated heterocycles. The highest BCUT2D eigenvalue weighted by atomic mass is 15.1. The summed E-state index contributed by atoms with van der Waals surface area (Å²) >= 11 is 0. The number of para-hydroxylation sites is 3. The van der Waals surface area contributed by atoms with Crippen LogP contribution in [0.3, 0.4) is 0 Å². The summed E-state index contributed by atoms with van der Waals surface area (Å²) in [5.74, 6) is 0. The zero-order chi connectivity index (χ0) is 39.3. The van der Waals surface area contributed by atoms with Crippen LogP contribution >= 0.6 is 0 Å². The van der Waals surface area contributed by atoms with Crippen LogP contribution in [-0.4, -0.2) is 21.1 Å². The van der Waals surface area contributed by atoms with Gasteiger partial charge in [0.25, 0.3) is 0 Å². The van der Waals surface area contributed by atoms with E-state index in [0.717, 1.165) is 58.2 Å². The molecule has 4 nitrogen and oxygen atoms in total. The molecule has 0 amide bonds. The van der Waals surface area contributed by atoms with Gasteiger partial charge < -0.3 is 9.47 Å². The number of hydrogen-bond acceptors (Lipinski definition) is 3. The lowest BCUT2D eigenvalue weighted by molar-refractivity contribution is 1.07. The number of allylic oxidation sites excluding steroid dienone is 3. The number of pyridine rings is 2. The van der Waals surface area contributed by atoms with E-state index in [1.165, 1.54) is 33.1 Å². The van der Waals surface area contributed by atoms with Crippen molar-refractivity contribution < 1.29 is 0 Å². The third-order valence-electron chi connectivity index (χ3n) is 9.49. The SMILES string of the molecule is C1=C\Cc2ccccc2N(c2cccc(-c3cccc(-c4cccc(-c5cccc(-n6c7ccccc7c7ccccc76)c5)n4)n3)c2)C\C=C/1.CC.CC.CC. The summed E-state index contributed by atoms with van der Waals surface area (Å²) in [5, 5.41) is 2.50. The molecule has 0 unspecified atom stereocenters. The molecule has 0 N–H and O–H groups in total. The summed E-state index contributed by atoms with van der Waals surface area (Å²) in [5.41, 5.74) is 12.8. The fourth-order valence-corrected chi connectivity index (χ4v) is 7.12. The molecule has 0 radical (unpaired) electrons. The number of nitrogens with zero attached hydrogens (tertiary/aromatic N) is 4. The van der Waals surface area contributed by atoms with Crippen LogP contribution < -0.4 is 4.90 Å². The molecule has 4 heteroatoms. The first-order valence-electron chi connectivity index (χ1n) is 20.1. The quantitative estimate of drug-likeness (QED) is 0.177. The second-order valence-corrected chi connectivity index (χ2v) is 12.6. The van der Waals surface area contributed by atoms with Crippen molar-refractivity contribution in [3.05, 3.63) is 188 Å². The van der Waals surface area contributed by atoms with E-state index in [0.29, 0.717) is 0 Å². The van der Waals surface area contributed by atoms with Crippen LogP contribution in [0.15, 0.2) is 182 Å². The third kappa shape index (κ3) is 8.25. The minimum atomic E-state index is 0.785. The Balaban J connectivity index is 0.000000847. The average molecular weight is 733 g/mol. The minimum absolute atomic E-state index is 0.785. The summed E-state index contributed by atoms with van der Waals surface area (Å²) in [7, 11) is 0. The number of fused-ring (bicyclic) bond motifs is 4. The summed E-state index contributed by atoms with van der Waals surface area (Å²) in [6.45, 7) is 12.8. The van der Waals surface area contributed by atoms with E-state index in [1.54, 1.807) is 0 Å². The van der Waals surface area contributed by atoms with Crippen LogP contribution in [0.1, 0.15) is 47.1 Å². The highest BCUT2D eigenvalue weighted by molar-refractivity contribution is 6.09. The van der Waals surface area contributed by atoms with Crippen molar-refractivity contribution >= 4 is 33.2 Å². The van der Waals surface area contributed by atoms with Crippen molar-refractivity contribution in [1.82, 2.24) is 14.5 Å². The lowest BCUT2D eigenvalue weighted by atomic mass is 10.1. The smallest absolute Gasteiger partial charge is 0.0893 e. The molecule has 9 rings (SSSR count). The van der Waals surface area contributed by atoms with Crippen LogP contribution in [0.25, 0.3) is 61.4 Å². The molecule has 8 aromatic rings. The lowest BCUT2D eigenvalue weighted by Crippen LogP contribution is -2.18. The summed E-state index contributed by atoms with van der Waals surface area (Å²) in [6, 6.07) is 55.6. The maximum absolute atomic E-state index is 5.15. The molecule has 0 aliphatic carbocycles. The van der Waals surface area contributed by atoms with Gasteiger partial charge in [-0.1, -0.05) is 157 Å². The Hall–Kier alpha value is -6.52. The lowest BCUT2D eigenvalue weighted by Gasteiger charge is -2.26. The van der Waals surface area contributed by atoms with Gasteiger partial charge in [0.15, 0.2) is 0 Å². The van der Waals surface area contributed by atoms with Crippen LogP contribution in [0, 0.1) is 0 Å². The first kappa shape index (κ1) is 39.2. The van der Waals surface area contributed by atoms with Gasteiger partial charge >= 0.3 is 0 Å².